The molecule has 0 bridgehead atoms. The first kappa shape index (κ1) is 25.2. The van der Waals surface area contributed by atoms with Crippen molar-refractivity contribution in [2.45, 2.75) is 30.2 Å². The second-order valence-corrected chi connectivity index (χ2v) is 10.7. The fraction of sp³-hybridized carbons (Fsp3) is 0.190. The summed E-state index contributed by atoms with van der Waals surface area (Å²) in [4.78, 5) is 24.5. The maximum Gasteiger partial charge on any atom is 0.335 e. The van der Waals surface area contributed by atoms with E-state index in [4.69, 9.17) is 4.84 Å². The number of hydrogen-bond acceptors (Lipinski definition) is 8. The number of benzene rings is 2. The molecule has 180 valence electrons. The predicted molar refractivity (Wildman–Crippen MR) is 123 cm³/mol. The lowest BCUT2D eigenvalue weighted by molar-refractivity contribution is -0.0771. The zero-order valence-electron chi connectivity index (χ0n) is 18.6. The van der Waals surface area contributed by atoms with E-state index in [2.05, 4.69) is 15.3 Å². The smallest absolute Gasteiger partial charge is 0.279 e. The quantitative estimate of drug-likeness (QED) is 0.443. The Hall–Kier alpha value is -3.39. The normalized spacial score (nSPS) is 11.9. The van der Waals surface area contributed by atoms with Gasteiger partial charge in [-0.1, -0.05) is 46.9 Å². The molecule has 0 aliphatic heterocycles. The first-order valence-corrected chi connectivity index (χ1v) is 12.8. The lowest BCUT2D eigenvalue weighted by Crippen LogP contribution is -2.36. The van der Waals surface area contributed by atoms with Gasteiger partial charge in [0.1, 0.15) is 9.79 Å². The second-order valence-electron chi connectivity index (χ2n) is 7.15. The molecule has 2 amide bonds. The van der Waals surface area contributed by atoms with Crippen molar-refractivity contribution in [1.82, 2.24) is 19.2 Å². The minimum atomic E-state index is -4.59. The maximum atomic E-state index is 13.1. The van der Waals surface area contributed by atoms with E-state index in [9.17, 15) is 21.6 Å². The number of carbonyl (C=O) groups is 1. The van der Waals surface area contributed by atoms with Crippen molar-refractivity contribution in [1.29, 1.82) is 0 Å². The first-order chi connectivity index (χ1) is 16.0. The number of aryl methyl sites for hydroxylation is 2. The molecular weight excluding hydrogens is 482 g/mol. The molecule has 0 aliphatic carbocycles. The molecule has 3 rings (SSSR count). The number of nitrogens with zero attached hydrogens (tertiary/aromatic N) is 3. The Balaban J connectivity index is 1.81. The minimum absolute atomic E-state index is 0.0535. The molecule has 2 aromatic carbocycles. The van der Waals surface area contributed by atoms with Crippen LogP contribution in [-0.4, -0.2) is 44.4 Å². The predicted octanol–water partition coefficient (Wildman–Crippen LogP) is 2.36. The van der Waals surface area contributed by atoms with Crippen molar-refractivity contribution in [3.63, 3.8) is 0 Å². The number of anilines is 1. The highest BCUT2D eigenvalue weighted by Gasteiger charge is 2.31. The Labute approximate surface area is 197 Å². The molecule has 0 saturated heterocycles. The molecule has 0 aliphatic rings. The van der Waals surface area contributed by atoms with Gasteiger partial charge in [-0.15, -0.1) is 0 Å². The maximum absolute atomic E-state index is 13.1. The third-order valence-electron chi connectivity index (χ3n) is 4.45. The van der Waals surface area contributed by atoms with Crippen molar-refractivity contribution < 1.29 is 26.5 Å². The summed E-state index contributed by atoms with van der Waals surface area (Å²) in [5.41, 5.74) is 1.86. The van der Waals surface area contributed by atoms with Gasteiger partial charge in [0, 0.05) is 18.4 Å². The summed E-state index contributed by atoms with van der Waals surface area (Å²) in [7, 11) is -7.83. The van der Waals surface area contributed by atoms with Gasteiger partial charge in [-0.3, -0.25) is 10.2 Å². The van der Waals surface area contributed by atoms with Crippen LogP contribution in [0.25, 0.3) is 0 Å². The van der Waals surface area contributed by atoms with E-state index in [1.807, 2.05) is 0 Å². The Kier molecular flexibility index (Phi) is 7.61. The lowest BCUT2D eigenvalue weighted by atomic mass is 10.2. The van der Waals surface area contributed by atoms with Crippen LogP contribution in [0.2, 0.25) is 0 Å². The molecular formula is C21H23N5O6S2. The van der Waals surface area contributed by atoms with Crippen LogP contribution in [-0.2, 0) is 31.5 Å². The van der Waals surface area contributed by atoms with Gasteiger partial charge in [-0.2, -0.15) is 0 Å². The average molecular weight is 506 g/mol. The van der Waals surface area contributed by atoms with Gasteiger partial charge < -0.3 is 0 Å². The van der Waals surface area contributed by atoms with Gasteiger partial charge in [0.15, 0.2) is 0 Å². The summed E-state index contributed by atoms with van der Waals surface area (Å²) in [5.74, 6) is -0.0971. The van der Waals surface area contributed by atoms with Gasteiger partial charge in [-0.05, 0) is 37.6 Å². The van der Waals surface area contributed by atoms with E-state index in [1.165, 1.54) is 12.1 Å². The van der Waals surface area contributed by atoms with Crippen LogP contribution in [0.15, 0.2) is 70.5 Å². The topological polar surface area (TPSA) is 148 Å². The molecule has 1 heterocycles. The third-order valence-corrected chi connectivity index (χ3v) is 7.66. The number of nitrogens with one attached hydrogen (secondary N) is 2. The number of rotatable bonds is 8. The highest BCUT2D eigenvalue weighted by Crippen LogP contribution is 2.24. The number of hydroxylamine groups is 1. The zero-order chi connectivity index (χ0) is 24.9. The monoisotopic (exact) mass is 505 g/mol. The molecule has 0 fully saturated rings. The fourth-order valence-electron chi connectivity index (χ4n) is 2.92. The van der Waals surface area contributed by atoms with Crippen LogP contribution in [0.5, 0.6) is 0 Å². The first-order valence-electron chi connectivity index (χ1n) is 9.90. The summed E-state index contributed by atoms with van der Waals surface area (Å²) in [6, 6.07) is 14.3. The average Bonchev–Trinajstić information content (AvgIpc) is 2.77. The molecule has 0 unspecified atom stereocenters. The van der Waals surface area contributed by atoms with E-state index >= 15 is 0 Å². The van der Waals surface area contributed by atoms with E-state index < -0.39 is 35.9 Å². The van der Waals surface area contributed by atoms with Crippen molar-refractivity contribution in [3.05, 3.63) is 77.6 Å². The van der Waals surface area contributed by atoms with Crippen LogP contribution < -0.4 is 10.0 Å². The molecule has 0 saturated carbocycles. The number of hydrogen-bond donors (Lipinski definition) is 2. The Morgan fingerprint density at radius 1 is 0.912 bits per heavy atom. The molecule has 0 atom stereocenters. The van der Waals surface area contributed by atoms with Crippen molar-refractivity contribution in [3.8, 4) is 0 Å². The standard InChI is InChI=1S/C21H23N5O6S2/c1-15-13-16(2)23-20(22-15)24-21(27)25-33(28,29)18-11-7-8-12-19(18)34(30,31)26(3)32-14-17-9-5-4-6-10-17/h4-13H,14H2,1-3H3,(H2,22,23,24,25,27). The zero-order valence-corrected chi connectivity index (χ0v) is 20.2. The molecule has 13 heteroatoms. The third kappa shape index (κ3) is 6.14. The lowest BCUT2D eigenvalue weighted by Gasteiger charge is -2.19. The Bertz CT molecular complexity index is 1380. The number of carbonyl (C=O) groups excluding carboxylic acids is 1. The fourth-order valence-corrected chi connectivity index (χ4v) is 5.60. The van der Waals surface area contributed by atoms with E-state index in [-0.39, 0.29) is 12.6 Å². The van der Waals surface area contributed by atoms with Crippen molar-refractivity contribution >= 4 is 32.0 Å². The van der Waals surface area contributed by atoms with Crippen LogP contribution in [0, 0.1) is 13.8 Å². The van der Waals surface area contributed by atoms with Crippen LogP contribution >= 0.6 is 0 Å². The van der Waals surface area contributed by atoms with Gasteiger partial charge in [-0.25, -0.2) is 36.3 Å². The Morgan fingerprint density at radius 3 is 2.09 bits per heavy atom. The summed E-state index contributed by atoms with van der Waals surface area (Å²) in [6.45, 7) is 3.32. The molecule has 11 nitrogen and oxygen atoms in total. The number of sulfonamides is 2. The molecule has 34 heavy (non-hydrogen) atoms. The molecule has 3 aromatic rings. The van der Waals surface area contributed by atoms with Gasteiger partial charge in [0.25, 0.3) is 20.0 Å². The van der Waals surface area contributed by atoms with E-state index in [1.54, 1.807) is 55.0 Å². The van der Waals surface area contributed by atoms with Gasteiger partial charge >= 0.3 is 6.03 Å². The SMILES string of the molecule is Cc1cc(C)nc(NC(=O)NS(=O)(=O)c2ccccc2S(=O)(=O)N(C)OCc2ccccc2)n1. The van der Waals surface area contributed by atoms with Crippen molar-refractivity contribution in [2.75, 3.05) is 12.4 Å². The number of amides is 2. The van der Waals surface area contributed by atoms with Crippen LogP contribution in [0.3, 0.4) is 0 Å². The van der Waals surface area contributed by atoms with Crippen LogP contribution in [0.4, 0.5) is 10.7 Å². The van der Waals surface area contributed by atoms with Crippen molar-refractivity contribution in [2.24, 2.45) is 0 Å². The summed E-state index contributed by atoms with van der Waals surface area (Å²) >= 11 is 0. The second kappa shape index (κ2) is 10.3. The molecule has 0 radical (unpaired) electrons. The largest absolute Gasteiger partial charge is 0.335 e. The summed E-state index contributed by atoms with van der Waals surface area (Å²) < 4.78 is 54.3. The Morgan fingerprint density at radius 2 is 1.47 bits per heavy atom. The number of aromatic nitrogens is 2. The van der Waals surface area contributed by atoms with Gasteiger partial charge in [0.2, 0.25) is 5.95 Å². The number of urea groups is 1. The molecule has 1 aromatic heterocycles. The minimum Gasteiger partial charge on any atom is -0.279 e. The molecule has 0 spiro atoms. The van der Waals surface area contributed by atoms with E-state index in [0.717, 1.165) is 24.7 Å². The van der Waals surface area contributed by atoms with Gasteiger partial charge in [0.05, 0.1) is 6.61 Å². The van der Waals surface area contributed by atoms with Crippen LogP contribution in [0.1, 0.15) is 17.0 Å². The van der Waals surface area contributed by atoms with E-state index in [0.29, 0.717) is 15.9 Å². The summed E-state index contributed by atoms with van der Waals surface area (Å²) in [5, 5.41) is 2.23. The molecule has 2 N–H and O–H groups in total. The summed E-state index contributed by atoms with van der Waals surface area (Å²) in [6.07, 6.45) is 0. The highest BCUT2D eigenvalue weighted by atomic mass is 32.2. The highest BCUT2D eigenvalue weighted by molar-refractivity contribution is 7.92.